The molecule has 0 saturated carbocycles. The minimum atomic E-state index is -0.724. The number of aryl methyl sites for hydroxylation is 1. The molecule has 0 saturated heterocycles. The van der Waals surface area contributed by atoms with Gasteiger partial charge in [-0.25, -0.2) is 0 Å². The summed E-state index contributed by atoms with van der Waals surface area (Å²) in [5.74, 6) is 1.64. The summed E-state index contributed by atoms with van der Waals surface area (Å²) in [5.41, 5.74) is 2.85. The normalized spacial score (nSPS) is 12.7. The second-order valence-electron chi connectivity index (χ2n) is 5.09. The van der Waals surface area contributed by atoms with E-state index in [4.69, 9.17) is 4.42 Å². The van der Waals surface area contributed by atoms with Crippen LogP contribution >= 0.6 is 11.8 Å². The van der Waals surface area contributed by atoms with E-state index in [0.717, 1.165) is 22.3 Å². The predicted octanol–water partition coefficient (Wildman–Crippen LogP) is 4.93. The molecule has 3 aromatic rings. The summed E-state index contributed by atoms with van der Waals surface area (Å²) in [7, 11) is 0. The summed E-state index contributed by atoms with van der Waals surface area (Å²) in [5, 5.41) is 11.5. The van der Waals surface area contributed by atoms with Crippen molar-refractivity contribution in [3.05, 3.63) is 65.4 Å². The van der Waals surface area contributed by atoms with E-state index in [1.54, 1.807) is 11.8 Å². The van der Waals surface area contributed by atoms with Gasteiger partial charge in [0.1, 0.15) is 17.4 Å². The van der Waals surface area contributed by atoms with Crippen LogP contribution in [-0.4, -0.2) is 10.9 Å². The van der Waals surface area contributed by atoms with Crippen molar-refractivity contribution >= 4 is 22.7 Å². The lowest BCUT2D eigenvalue weighted by molar-refractivity contribution is 0.192. The molecular weight excluding hydrogens is 280 g/mol. The van der Waals surface area contributed by atoms with Crippen molar-refractivity contribution in [3.8, 4) is 0 Å². The Labute approximate surface area is 128 Å². The zero-order valence-electron chi connectivity index (χ0n) is 12.2. The van der Waals surface area contributed by atoms with Crippen LogP contribution in [0.5, 0.6) is 0 Å². The SMILES string of the molecule is CCSc1ccc(C(O)c2cc3cc(C)ccc3o2)cc1. The van der Waals surface area contributed by atoms with Crippen LogP contribution in [-0.2, 0) is 0 Å². The Hall–Kier alpha value is -1.71. The van der Waals surface area contributed by atoms with Crippen molar-refractivity contribution in [1.29, 1.82) is 0 Å². The molecule has 1 N–H and O–H groups in total. The van der Waals surface area contributed by atoms with Crippen LogP contribution in [0.3, 0.4) is 0 Å². The molecule has 0 bridgehead atoms. The van der Waals surface area contributed by atoms with E-state index in [1.807, 2.05) is 49.4 Å². The minimum absolute atomic E-state index is 0.589. The fourth-order valence-electron chi connectivity index (χ4n) is 2.40. The molecule has 0 amide bonds. The first-order valence-corrected chi connectivity index (χ1v) is 8.07. The molecule has 0 spiro atoms. The van der Waals surface area contributed by atoms with Crippen molar-refractivity contribution in [2.75, 3.05) is 5.75 Å². The number of benzene rings is 2. The van der Waals surface area contributed by atoms with E-state index >= 15 is 0 Å². The first kappa shape index (κ1) is 14.2. The highest BCUT2D eigenvalue weighted by atomic mass is 32.2. The highest BCUT2D eigenvalue weighted by molar-refractivity contribution is 7.99. The summed E-state index contributed by atoms with van der Waals surface area (Å²) in [6.07, 6.45) is -0.724. The highest BCUT2D eigenvalue weighted by Gasteiger charge is 2.15. The van der Waals surface area contributed by atoms with E-state index in [2.05, 4.69) is 13.0 Å². The van der Waals surface area contributed by atoms with Gasteiger partial charge in [0.2, 0.25) is 0 Å². The highest BCUT2D eigenvalue weighted by Crippen LogP contribution is 2.29. The van der Waals surface area contributed by atoms with E-state index < -0.39 is 6.10 Å². The third kappa shape index (κ3) is 2.99. The molecule has 2 aromatic carbocycles. The van der Waals surface area contributed by atoms with Gasteiger partial charge in [0.15, 0.2) is 0 Å². The van der Waals surface area contributed by atoms with Gasteiger partial charge in [-0.05, 0) is 48.6 Å². The molecule has 1 heterocycles. The maximum absolute atomic E-state index is 10.5. The third-order valence-corrected chi connectivity index (χ3v) is 4.36. The van der Waals surface area contributed by atoms with E-state index in [-0.39, 0.29) is 0 Å². The van der Waals surface area contributed by atoms with Crippen molar-refractivity contribution in [1.82, 2.24) is 0 Å². The summed E-state index contributed by atoms with van der Waals surface area (Å²) in [6, 6.07) is 15.9. The third-order valence-electron chi connectivity index (χ3n) is 3.47. The van der Waals surface area contributed by atoms with Crippen molar-refractivity contribution < 1.29 is 9.52 Å². The quantitative estimate of drug-likeness (QED) is 0.693. The molecule has 0 aliphatic carbocycles. The topological polar surface area (TPSA) is 33.4 Å². The molecule has 1 aromatic heterocycles. The molecule has 0 aliphatic heterocycles. The fraction of sp³-hybridized carbons (Fsp3) is 0.222. The lowest BCUT2D eigenvalue weighted by Crippen LogP contribution is -1.97. The number of aliphatic hydroxyl groups excluding tert-OH is 1. The van der Waals surface area contributed by atoms with Crippen LogP contribution in [0.2, 0.25) is 0 Å². The van der Waals surface area contributed by atoms with Crippen molar-refractivity contribution in [2.24, 2.45) is 0 Å². The first-order valence-electron chi connectivity index (χ1n) is 7.08. The molecule has 3 heteroatoms. The van der Waals surface area contributed by atoms with Gasteiger partial charge in [0.05, 0.1) is 0 Å². The van der Waals surface area contributed by atoms with E-state index in [9.17, 15) is 5.11 Å². The number of rotatable bonds is 4. The Morgan fingerprint density at radius 1 is 1.10 bits per heavy atom. The Kier molecular flexibility index (Phi) is 4.04. The Balaban J connectivity index is 1.90. The molecule has 3 rings (SSSR count). The smallest absolute Gasteiger partial charge is 0.138 e. The van der Waals surface area contributed by atoms with Crippen LogP contribution in [0.25, 0.3) is 11.0 Å². The maximum Gasteiger partial charge on any atom is 0.138 e. The molecule has 1 atom stereocenters. The second kappa shape index (κ2) is 5.96. The summed E-state index contributed by atoms with van der Waals surface area (Å²) in [6.45, 7) is 4.18. The van der Waals surface area contributed by atoms with Gasteiger partial charge in [0, 0.05) is 10.3 Å². The number of hydrogen-bond acceptors (Lipinski definition) is 3. The largest absolute Gasteiger partial charge is 0.458 e. The molecule has 1 unspecified atom stereocenters. The van der Waals surface area contributed by atoms with Gasteiger partial charge in [0.25, 0.3) is 0 Å². The van der Waals surface area contributed by atoms with Gasteiger partial charge in [-0.3, -0.25) is 0 Å². The first-order chi connectivity index (χ1) is 10.2. The molecule has 2 nitrogen and oxygen atoms in total. The standard InChI is InChI=1S/C18H18O2S/c1-3-21-15-7-5-13(6-8-15)18(19)17-11-14-10-12(2)4-9-16(14)20-17/h4-11,18-19H,3H2,1-2H3. The number of thioether (sulfide) groups is 1. The number of aliphatic hydroxyl groups is 1. The van der Waals surface area contributed by atoms with Gasteiger partial charge >= 0.3 is 0 Å². The van der Waals surface area contributed by atoms with Crippen LogP contribution < -0.4 is 0 Å². The number of hydrogen-bond donors (Lipinski definition) is 1. The lowest BCUT2D eigenvalue weighted by atomic mass is 10.1. The predicted molar refractivity (Wildman–Crippen MR) is 87.9 cm³/mol. The van der Waals surface area contributed by atoms with Crippen LogP contribution in [0.1, 0.15) is 29.9 Å². The molecule has 0 radical (unpaired) electrons. The molecule has 0 aliphatic rings. The number of furan rings is 1. The number of fused-ring (bicyclic) bond motifs is 1. The Morgan fingerprint density at radius 2 is 1.86 bits per heavy atom. The zero-order chi connectivity index (χ0) is 14.8. The zero-order valence-corrected chi connectivity index (χ0v) is 13.0. The van der Waals surface area contributed by atoms with Gasteiger partial charge in [-0.2, -0.15) is 0 Å². The monoisotopic (exact) mass is 298 g/mol. The molecule has 0 fully saturated rings. The second-order valence-corrected chi connectivity index (χ2v) is 6.43. The van der Waals surface area contributed by atoms with Gasteiger partial charge in [-0.1, -0.05) is 30.7 Å². The summed E-state index contributed by atoms with van der Waals surface area (Å²) in [4.78, 5) is 1.22. The lowest BCUT2D eigenvalue weighted by Gasteiger charge is -2.08. The summed E-state index contributed by atoms with van der Waals surface area (Å²) >= 11 is 1.79. The Morgan fingerprint density at radius 3 is 2.57 bits per heavy atom. The Bertz CT molecular complexity index is 744. The van der Waals surface area contributed by atoms with Crippen LogP contribution in [0.15, 0.2) is 57.8 Å². The average molecular weight is 298 g/mol. The fourth-order valence-corrected chi connectivity index (χ4v) is 3.06. The molecular formula is C18H18O2S. The van der Waals surface area contributed by atoms with Crippen LogP contribution in [0.4, 0.5) is 0 Å². The van der Waals surface area contributed by atoms with E-state index in [0.29, 0.717) is 5.76 Å². The maximum atomic E-state index is 10.5. The van der Waals surface area contributed by atoms with Gasteiger partial charge in [-0.15, -0.1) is 11.8 Å². The summed E-state index contributed by atoms with van der Waals surface area (Å²) < 4.78 is 5.76. The molecule has 108 valence electrons. The van der Waals surface area contributed by atoms with Crippen molar-refractivity contribution in [2.45, 2.75) is 24.8 Å². The average Bonchev–Trinajstić information content (AvgIpc) is 2.90. The van der Waals surface area contributed by atoms with Crippen molar-refractivity contribution in [3.63, 3.8) is 0 Å². The van der Waals surface area contributed by atoms with Gasteiger partial charge < -0.3 is 9.52 Å². The minimum Gasteiger partial charge on any atom is -0.458 e. The van der Waals surface area contributed by atoms with E-state index in [1.165, 1.54) is 10.5 Å². The van der Waals surface area contributed by atoms with Crippen LogP contribution in [0, 0.1) is 6.92 Å². The molecule has 21 heavy (non-hydrogen) atoms.